The lowest BCUT2D eigenvalue weighted by Gasteiger charge is -2.25. The number of carbonyl (C=O) groups excluding carboxylic acids is 1. The third-order valence-corrected chi connectivity index (χ3v) is 4.64. The van der Waals surface area contributed by atoms with Crippen LogP contribution in [0.25, 0.3) is 0 Å². The van der Waals surface area contributed by atoms with Crippen molar-refractivity contribution in [2.75, 3.05) is 19.5 Å². The number of amides is 1. The Bertz CT molecular complexity index is 481. The number of alkyl halides is 1. The van der Waals surface area contributed by atoms with Gasteiger partial charge in [-0.15, -0.1) is 11.6 Å². The highest BCUT2D eigenvalue weighted by molar-refractivity contribution is 9.10. The molecule has 1 aromatic carbocycles. The summed E-state index contributed by atoms with van der Waals surface area (Å²) in [6, 6.07) is 5.53. The summed E-state index contributed by atoms with van der Waals surface area (Å²) in [5, 5.41) is 0. The van der Waals surface area contributed by atoms with Gasteiger partial charge in [0.25, 0.3) is 5.91 Å². The number of likely N-dealkylation sites (tertiary alicyclic amines) is 1. The largest absolute Gasteiger partial charge is 0.496 e. The molecule has 2 atom stereocenters. The van der Waals surface area contributed by atoms with E-state index in [1.165, 1.54) is 0 Å². The Hall–Kier alpha value is -0.740. The molecule has 1 amide bonds. The van der Waals surface area contributed by atoms with Gasteiger partial charge in [-0.3, -0.25) is 4.79 Å². The molecule has 1 heterocycles. The van der Waals surface area contributed by atoms with Crippen molar-refractivity contribution in [2.24, 2.45) is 5.92 Å². The van der Waals surface area contributed by atoms with Crippen molar-refractivity contribution in [3.05, 3.63) is 28.2 Å². The summed E-state index contributed by atoms with van der Waals surface area (Å²) >= 11 is 9.39. The molecule has 3 nitrogen and oxygen atoms in total. The number of halogens is 2. The predicted octanol–water partition coefficient (Wildman–Crippen LogP) is 3.55. The zero-order valence-electron chi connectivity index (χ0n) is 11.0. The molecule has 0 aromatic heterocycles. The smallest absolute Gasteiger partial charge is 0.254 e. The molecule has 5 heteroatoms. The molecule has 1 saturated heterocycles. The van der Waals surface area contributed by atoms with Gasteiger partial charge in [-0.25, -0.2) is 0 Å². The average molecular weight is 347 g/mol. The number of carbonyl (C=O) groups is 1. The van der Waals surface area contributed by atoms with Crippen molar-refractivity contribution in [1.29, 1.82) is 0 Å². The molecular weight excluding hydrogens is 330 g/mol. The Morgan fingerprint density at radius 1 is 1.58 bits per heavy atom. The van der Waals surface area contributed by atoms with E-state index < -0.39 is 0 Å². The van der Waals surface area contributed by atoms with Crippen LogP contribution in [0.1, 0.15) is 23.7 Å². The van der Waals surface area contributed by atoms with Gasteiger partial charge in [-0.2, -0.15) is 0 Å². The van der Waals surface area contributed by atoms with Gasteiger partial charge in [-0.05, 0) is 46.5 Å². The number of benzene rings is 1. The first-order valence-electron chi connectivity index (χ1n) is 6.29. The first-order valence-corrected chi connectivity index (χ1v) is 7.61. The fourth-order valence-corrected chi connectivity index (χ4v) is 3.47. The lowest BCUT2D eigenvalue weighted by molar-refractivity contribution is 0.0737. The van der Waals surface area contributed by atoms with E-state index >= 15 is 0 Å². The summed E-state index contributed by atoms with van der Waals surface area (Å²) in [5.41, 5.74) is 0.664. The van der Waals surface area contributed by atoms with Gasteiger partial charge in [-0.1, -0.05) is 6.92 Å². The average Bonchev–Trinajstić information content (AvgIpc) is 2.78. The molecule has 0 saturated carbocycles. The molecule has 0 aliphatic carbocycles. The summed E-state index contributed by atoms with van der Waals surface area (Å²) in [6.07, 6.45) is 1.01. The van der Waals surface area contributed by atoms with Crippen LogP contribution in [0.2, 0.25) is 0 Å². The van der Waals surface area contributed by atoms with E-state index in [0.29, 0.717) is 17.4 Å². The molecule has 2 rings (SSSR count). The summed E-state index contributed by atoms with van der Waals surface area (Å²) in [4.78, 5) is 14.4. The second-order valence-electron chi connectivity index (χ2n) is 4.84. The number of methoxy groups -OCH3 is 1. The number of rotatable bonds is 3. The maximum absolute atomic E-state index is 12.5. The molecule has 104 valence electrons. The van der Waals surface area contributed by atoms with Crippen LogP contribution in [-0.4, -0.2) is 36.4 Å². The summed E-state index contributed by atoms with van der Waals surface area (Å²) in [5.74, 6) is 1.71. The lowest BCUT2D eigenvalue weighted by Crippen LogP contribution is -2.38. The Balaban J connectivity index is 2.22. The standard InChI is InChI=1S/C14H17BrClNO2/c1-9-5-6-17(12(9)8-16)14(18)10-3-4-13(19-2)11(15)7-10/h3-4,7,9,12H,5-6,8H2,1-2H3. The summed E-state index contributed by atoms with van der Waals surface area (Å²) < 4.78 is 5.96. The van der Waals surface area contributed by atoms with Crippen LogP contribution < -0.4 is 4.74 Å². The van der Waals surface area contributed by atoms with Crippen LogP contribution in [0.15, 0.2) is 22.7 Å². The number of nitrogens with zero attached hydrogens (tertiary/aromatic N) is 1. The predicted molar refractivity (Wildman–Crippen MR) is 80.0 cm³/mol. The Morgan fingerprint density at radius 3 is 2.89 bits per heavy atom. The summed E-state index contributed by atoms with van der Waals surface area (Å²) in [7, 11) is 1.60. The quantitative estimate of drug-likeness (QED) is 0.783. The third kappa shape index (κ3) is 2.90. The van der Waals surface area contributed by atoms with Crippen LogP contribution >= 0.6 is 27.5 Å². The fraction of sp³-hybridized carbons (Fsp3) is 0.500. The molecule has 1 aliphatic heterocycles. The number of hydrogen-bond donors (Lipinski definition) is 0. The zero-order valence-corrected chi connectivity index (χ0v) is 13.4. The number of ether oxygens (including phenoxy) is 1. The van der Waals surface area contributed by atoms with Crippen LogP contribution in [0.5, 0.6) is 5.75 Å². The van der Waals surface area contributed by atoms with Crippen molar-refractivity contribution in [1.82, 2.24) is 4.90 Å². The van der Waals surface area contributed by atoms with Crippen molar-refractivity contribution in [3.8, 4) is 5.75 Å². The van der Waals surface area contributed by atoms with Crippen molar-refractivity contribution >= 4 is 33.4 Å². The summed E-state index contributed by atoms with van der Waals surface area (Å²) in [6.45, 7) is 2.92. The molecular formula is C14H17BrClNO2. The van der Waals surface area contributed by atoms with Crippen LogP contribution in [0, 0.1) is 5.92 Å². The third-order valence-electron chi connectivity index (χ3n) is 3.70. The number of hydrogen-bond acceptors (Lipinski definition) is 2. The molecule has 0 bridgehead atoms. The second-order valence-corrected chi connectivity index (χ2v) is 6.00. The highest BCUT2D eigenvalue weighted by Gasteiger charge is 2.34. The van der Waals surface area contributed by atoms with Gasteiger partial charge in [0.1, 0.15) is 5.75 Å². The normalized spacial score (nSPS) is 22.6. The van der Waals surface area contributed by atoms with Crippen LogP contribution in [0.4, 0.5) is 0 Å². The SMILES string of the molecule is COc1ccc(C(=O)N2CCC(C)C2CCl)cc1Br. The van der Waals surface area contributed by atoms with Crippen molar-refractivity contribution in [3.63, 3.8) is 0 Å². The molecule has 2 unspecified atom stereocenters. The molecule has 0 radical (unpaired) electrons. The van der Waals surface area contributed by atoms with Gasteiger partial charge in [0.2, 0.25) is 0 Å². The lowest BCUT2D eigenvalue weighted by atomic mass is 10.0. The Kier molecular flexibility index (Phi) is 4.74. The van der Waals surface area contributed by atoms with Gasteiger partial charge in [0.05, 0.1) is 11.6 Å². The van der Waals surface area contributed by atoms with E-state index in [1.807, 2.05) is 4.90 Å². The minimum absolute atomic E-state index is 0.0401. The maximum Gasteiger partial charge on any atom is 0.254 e. The maximum atomic E-state index is 12.5. The molecule has 1 fully saturated rings. The van der Waals surface area contributed by atoms with Crippen molar-refractivity contribution < 1.29 is 9.53 Å². The molecule has 1 aromatic rings. The first-order chi connectivity index (χ1) is 9.08. The van der Waals surface area contributed by atoms with Crippen LogP contribution in [-0.2, 0) is 0 Å². The van der Waals surface area contributed by atoms with E-state index in [4.69, 9.17) is 16.3 Å². The zero-order chi connectivity index (χ0) is 14.0. The minimum Gasteiger partial charge on any atom is -0.496 e. The van der Waals surface area contributed by atoms with Gasteiger partial charge >= 0.3 is 0 Å². The monoisotopic (exact) mass is 345 g/mol. The van der Waals surface area contributed by atoms with E-state index in [0.717, 1.165) is 23.2 Å². The first kappa shape index (κ1) is 14.7. The van der Waals surface area contributed by atoms with E-state index in [2.05, 4.69) is 22.9 Å². The molecule has 19 heavy (non-hydrogen) atoms. The van der Waals surface area contributed by atoms with E-state index in [9.17, 15) is 4.79 Å². The Morgan fingerprint density at radius 2 is 2.32 bits per heavy atom. The minimum atomic E-state index is 0.0401. The second kappa shape index (κ2) is 6.14. The van der Waals surface area contributed by atoms with Crippen LogP contribution in [0.3, 0.4) is 0 Å². The fourth-order valence-electron chi connectivity index (χ4n) is 2.46. The van der Waals surface area contributed by atoms with Crippen molar-refractivity contribution in [2.45, 2.75) is 19.4 Å². The Labute approximate surface area is 127 Å². The topological polar surface area (TPSA) is 29.5 Å². The van der Waals surface area contributed by atoms with Gasteiger partial charge in [0.15, 0.2) is 0 Å². The van der Waals surface area contributed by atoms with E-state index in [-0.39, 0.29) is 11.9 Å². The van der Waals surface area contributed by atoms with Gasteiger partial charge < -0.3 is 9.64 Å². The van der Waals surface area contributed by atoms with Gasteiger partial charge in [0, 0.05) is 24.0 Å². The molecule has 0 N–H and O–H groups in total. The highest BCUT2D eigenvalue weighted by atomic mass is 79.9. The molecule has 1 aliphatic rings. The van der Waals surface area contributed by atoms with E-state index in [1.54, 1.807) is 25.3 Å². The highest BCUT2D eigenvalue weighted by Crippen LogP contribution is 2.29. The molecule has 0 spiro atoms.